The zero-order valence-electron chi connectivity index (χ0n) is 10.2. The van der Waals surface area contributed by atoms with E-state index < -0.39 is 0 Å². The summed E-state index contributed by atoms with van der Waals surface area (Å²) in [5.74, 6) is 0. The largest absolute Gasteiger partial charge is 0.354 e. The average molecular weight is 224 g/mol. The molecule has 0 aliphatic rings. The zero-order valence-corrected chi connectivity index (χ0v) is 10.2. The first-order valence-electron chi connectivity index (χ1n) is 5.59. The lowest BCUT2D eigenvalue weighted by Crippen LogP contribution is -2.33. The molecule has 86 valence electrons. The first kappa shape index (κ1) is 11.4. The summed E-state index contributed by atoms with van der Waals surface area (Å²) in [5, 5.41) is 4.74. The molecule has 0 radical (unpaired) electrons. The van der Waals surface area contributed by atoms with Gasteiger partial charge in [-0.1, -0.05) is 36.9 Å². The predicted octanol–water partition coefficient (Wildman–Crippen LogP) is 1.73. The first-order chi connectivity index (χ1) is 8.13. The molecule has 2 aromatic rings. The highest BCUT2D eigenvalue weighted by Gasteiger charge is 1.99. The molecule has 0 fully saturated rings. The molecule has 0 atom stereocenters. The molecule has 0 saturated heterocycles. The number of hydrogen-bond donors (Lipinski definition) is 1. The number of nitrogens with zero attached hydrogens (tertiary/aromatic N) is 1. The Bertz CT molecular complexity index is 749. The maximum atomic E-state index is 4.43. The Labute approximate surface area is 100 Å². The number of H-pyrrole nitrogens is 1. The lowest BCUT2D eigenvalue weighted by molar-refractivity contribution is 1.16. The minimum atomic E-state index is 0.797. The van der Waals surface area contributed by atoms with E-state index in [1.807, 2.05) is 13.0 Å². The summed E-state index contributed by atoms with van der Waals surface area (Å²) < 4.78 is 0. The van der Waals surface area contributed by atoms with E-state index in [-0.39, 0.29) is 0 Å². The molecule has 1 N–H and O–H groups in total. The number of aryl methyl sites for hydroxylation is 1. The summed E-state index contributed by atoms with van der Waals surface area (Å²) in [6.45, 7) is 12.0. The summed E-state index contributed by atoms with van der Waals surface area (Å²) in [6, 6.07) is 6.26. The molecule has 2 rings (SSSR count). The molecule has 0 amide bonds. The fraction of sp³-hybridized carbons (Fsp3) is 0.133. The van der Waals surface area contributed by atoms with Crippen molar-refractivity contribution in [3.05, 3.63) is 52.1 Å². The maximum absolute atomic E-state index is 4.43. The summed E-state index contributed by atoms with van der Waals surface area (Å²) in [4.78, 5) is 7.59. The highest BCUT2D eigenvalue weighted by Crippen LogP contribution is 2.06. The Balaban J connectivity index is 3.06. The van der Waals surface area contributed by atoms with Crippen LogP contribution < -0.4 is 16.1 Å². The van der Waals surface area contributed by atoms with Crippen molar-refractivity contribution in [2.75, 3.05) is 0 Å². The fourth-order valence-corrected chi connectivity index (χ4v) is 1.88. The Morgan fingerprint density at radius 3 is 2.65 bits per heavy atom. The van der Waals surface area contributed by atoms with E-state index >= 15 is 0 Å². The summed E-state index contributed by atoms with van der Waals surface area (Å²) in [6.07, 6.45) is 3.68. The van der Waals surface area contributed by atoms with Gasteiger partial charge in [0.05, 0.1) is 10.7 Å². The monoisotopic (exact) mass is 224 g/mol. The molecule has 0 aliphatic carbocycles. The van der Waals surface area contributed by atoms with Gasteiger partial charge in [-0.15, -0.1) is 0 Å². The molecule has 2 heteroatoms. The molecular formula is C15H16N2. The van der Waals surface area contributed by atoms with Crippen molar-refractivity contribution in [3.8, 4) is 0 Å². The van der Waals surface area contributed by atoms with Crippen molar-refractivity contribution in [2.24, 2.45) is 4.99 Å². The second-order valence-electron chi connectivity index (χ2n) is 4.09. The number of hydrogen-bond acceptors (Lipinski definition) is 1. The third kappa shape index (κ3) is 2.07. The quantitative estimate of drug-likeness (QED) is 0.764. The maximum Gasteiger partial charge on any atom is 0.0937 e. The minimum absolute atomic E-state index is 0.797. The van der Waals surface area contributed by atoms with Crippen LogP contribution in [0, 0.1) is 6.92 Å². The van der Waals surface area contributed by atoms with Crippen molar-refractivity contribution in [1.82, 2.24) is 4.98 Å². The van der Waals surface area contributed by atoms with Gasteiger partial charge in [0.1, 0.15) is 0 Å². The molecule has 1 aromatic carbocycles. The number of rotatable bonds is 1. The van der Waals surface area contributed by atoms with E-state index in [2.05, 4.69) is 48.3 Å². The van der Waals surface area contributed by atoms with Gasteiger partial charge in [-0.25, -0.2) is 0 Å². The predicted molar refractivity (Wildman–Crippen MR) is 73.7 cm³/mol. The standard InChI is InChI=1S/C15H16N2/c1-5-8-16-15-12(4)17-11(3)13-7-6-10(2)9-14(13)15/h5-9,17H,3-4H2,1-2H3/b8-5+,16-15?. The number of pyridine rings is 1. The van der Waals surface area contributed by atoms with Gasteiger partial charge in [0.15, 0.2) is 0 Å². The van der Waals surface area contributed by atoms with Crippen LogP contribution in [0.2, 0.25) is 0 Å². The first-order valence-corrected chi connectivity index (χ1v) is 5.59. The Kier molecular flexibility index (Phi) is 2.96. The number of aromatic nitrogens is 1. The number of allylic oxidation sites excluding steroid dienone is 1. The molecule has 0 aliphatic heterocycles. The van der Waals surface area contributed by atoms with Gasteiger partial charge < -0.3 is 4.98 Å². The Morgan fingerprint density at radius 2 is 1.94 bits per heavy atom. The topological polar surface area (TPSA) is 28.1 Å². The Hall–Kier alpha value is -2.09. The number of nitrogens with one attached hydrogen (secondary N) is 1. The third-order valence-electron chi connectivity index (χ3n) is 2.70. The smallest absolute Gasteiger partial charge is 0.0937 e. The van der Waals surface area contributed by atoms with Crippen LogP contribution in [0.25, 0.3) is 23.9 Å². The molecule has 0 saturated carbocycles. The molecule has 17 heavy (non-hydrogen) atoms. The summed E-state index contributed by atoms with van der Waals surface area (Å²) >= 11 is 0. The number of benzene rings is 1. The second kappa shape index (κ2) is 4.42. The SMILES string of the molecule is C=c1[nH]c(=C)c2ccc(C)cc2c1=N/C=C/C. The van der Waals surface area contributed by atoms with Crippen LogP contribution in [-0.4, -0.2) is 4.98 Å². The average Bonchev–Trinajstić information content (AvgIpc) is 2.28. The van der Waals surface area contributed by atoms with Gasteiger partial charge in [-0.05, 0) is 19.9 Å². The van der Waals surface area contributed by atoms with E-state index in [1.54, 1.807) is 6.20 Å². The number of fused-ring (bicyclic) bond motifs is 1. The van der Waals surface area contributed by atoms with E-state index in [0.29, 0.717) is 0 Å². The highest BCUT2D eigenvalue weighted by molar-refractivity contribution is 5.82. The van der Waals surface area contributed by atoms with Gasteiger partial charge in [-0.2, -0.15) is 0 Å². The van der Waals surface area contributed by atoms with Crippen LogP contribution in [-0.2, 0) is 0 Å². The van der Waals surface area contributed by atoms with Crippen molar-refractivity contribution >= 4 is 23.9 Å². The van der Waals surface area contributed by atoms with Crippen molar-refractivity contribution in [3.63, 3.8) is 0 Å². The summed E-state index contributed by atoms with van der Waals surface area (Å²) in [7, 11) is 0. The lowest BCUT2D eigenvalue weighted by Gasteiger charge is -2.02. The van der Waals surface area contributed by atoms with Gasteiger partial charge in [0.25, 0.3) is 0 Å². The van der Waals surface area contributed by atoms with E-state index in [1.165, 1.54) is 5.56 Å². The van der Waals surface area contributed by atoms with Crippen LogP contribution in [0.1, 0.15) is 12.5 Å². The molecule has 0 unspecified atom stereocenters. The summed E-state index contributed by atoms with van der Waals surface area (Å²) in [5.41, 5.74) is 1.21. The van der Waals surface area contributed by atoms with E-state index in [0.717, 1.165) is 26.8 Å². The van der Waals surface area contributed by atoms with Gasteiger partial charge in [-0.3, -0.25) is 4.99 Å². The van der Waals surface area contributed by atoms with Gasteiger partial charge in [0.2, 0.25) is 0 Å². The van der Waals surface area contributed by atoms with E-state index in [4.69, 9.17) is 0 Å². The molecule has 2 nitrogen and oxygen atoms in total. The fourth-order valence-electron chi connectivity index (χ4n) is 1.88. The van der Waals surface area contributed by atoms with E-state index in [9.17, 15) is 0 Å². The van der Waals surface area contributed by atoms with Crippen LogP contribution in [0.15, 0.2) is 35.5 Å². The van der Waals surface area contributed by atoms with Crippen molar-refractivity contribution < 1.29 is 0 Å². The zero-order chi connectivity index (χ0) is 12.4. The normalized spacial score (nSPS) is 12.7. The Morgan fingerprint density at radius 1 is 1.18 bits per heavy atom. The highest BCUT2D eigenvalue weighted by atomic mass is 14.7. The van der Waals surface area contributed by atoms with Crippen LogP contribution in [0.3, 0.4) is 0 Å². The van der Waals surface area contributed by atoms with Crippen molar-refractivity contribution in [2.45, 2.75) is 13.8 Å². The molecule has 1 heterocycles. The molecule has 0 bridgehead atoms. The molecule has 1 aromatic heterocycles. The van der Waals surface area contributed by atoms with Gasteiger partial charge in [0, 0.05) is 22.3 Å². The molecular weight excluding hydrogens is 208 g/mol. The second-order valence-corrected chi connectivity index (χ2v) is 4.09. The van der Waals surface area contributed by atoms with Crippen LogP contribution in [0.4, 0.5) is 0 Å². The number of aromatic amines is 1. The van der Waals surface area contributed by atoms with Gasteiger partial charge >= 0.3 is 0 Å². The van der Waals surface area contributed by atoms with Crippen molar-refractivity contribution in [1.29, 1.82) is 0 Å². The lowest BCUT2D eigenvalue weighted by atomic mass is 10.1. The van der Waals surface area contributed by atoms with Crippen LogP contribution in [0.5, 0.6) is 0 Å². The third-order valence-corrected chi connectivity index (χ3v) is 2.70. The minimum Gasteiger partial charge on any atom is -0.354 e. The van der Waals surface area contributed by atoms with Crippen LogP contribution >= 0.6 is 0 Å². The molecule has 0 spiro atoms.